The largest absolute Gasteiger partial charge is 0.744 e. The summed E-state index contributed by atoms with van der Waals surface area (Å²) < 4.78 is 47.2. The van der Waals surface area contributed by atoms with Crippen molar-refractivity contribution < 1.29 is 36.8 Å². The zero-order valence-electron chi connectivity index (χ0n) is 20.6. The standard InChI is InChI=1S/C17H25NO5S.C7H8O3S/c1-5-21-10-16(23-13(2)19)11-22-15-8-6-14(7-9-15)18-17(20)12-24(3)4;1-6-2-4-7(5-3-6)11(8,9)10/h6-9,16H,5,10-12H2,1-4H3;2-5H,1H3,(H,8,9,10). The summed E-state index contributed by atoms with van der Waals surface area (Å²) in [6, 6.07) is 12.9. The summed E-state index contributed by atoms with van der Waals surface area (Å²) in [5.74, 6) is 0.781. The van der Waals surface area contributed by atoms with Gasteiger partial charge in [-0.25, -0.2) is 8.42 Å². The maximum absolute atomic E-state index is 11.7. The number of carbonyl (C=O) groups excluding carboxylic acids is 2. The van der Waals surface area contributed by atoms with Crippen molar-refractivity contribution in [1.29, 1.82) is 0 Å². The summed E-state index contributed by atoms with van der Waals surface area (Å²) in [6.07, 6.45) is 3.60. The molecule has 9 nitrogen and oxygen atoms in total. The molecule has 0 saturated carbocycles. The average molecular weight is 528 g/mol. The smallest absolute Gasteiger partial charge is 0.303 e. The normalized spacial score (nSPS) is 11.7. The van der Waals surface area contributed by atoms with Crippen LogP contribution in [-0.2, 0) is 40.1 Å². The molecule has 1 atom stereocenters. The maximum atomic E-state index is 11.7. The number of hydrogen-bond acceptors (Lipinski definition) is 8. The van der Waals surface area contributed by atoms with Crippen molar-refractivity contribution in [3.8, 4) is 5.75 Å². The first kappa shape index (κ1) is 30.4. The Hall–Kier alpha value is -2.60. The van der Waals surface area contributed by atoms with E-state index in [9.17, 15) is 22.6 Å². The van der Waals surface area contributed by atoms with Crippen LogP contribution in [0.4, 0.5) is 5.69 Å². The third kappa shape index (κ3) is 13.8. The van der Waals surface area contributed by atoms with E-state index in [0.717, 1.165) is 11.3 Å². The Morgan fingerprint density at radius 1 is 1.03 bits per heavy atom. The van der Waals surface area contributed by atoms with Gasteiger partial charge in [0.25, 0.3) is 5.91 Å². The van der Waals surface area contributed by atoms with Crippen LogP contribution in [0.1, 0.15) is 19.4 Å². The summed E-state index contributed by atoms with van der Waals surface area (Å²) in [5.41, 5.74) is 1.65. The first-order valence-electron chi connectivity index (χ1n) is 10.7. The van der Waals surface area contributed by atoms with Gasteiger partial charge in [-0.2, -0.15) is 0 Å². The molecule has 2 aromatic carbocycles. The highest BCUT2D eigenvalue weighted by molar-refractivity contribution is 7.96. The van der Waals surface area contributed by atoms with E-state index in [1.807, 2.05) is 26.4 Å². The van der Waals surface area contributed by atoms with Gasteiger partial charge in [0.1, 0.15) is 22.5 Å². The zero-order valence-corrected chi connectivity index (χ0v) is 22.2. The molecule has 2 aromatic rings. The number of esters is 1. The van der Waals surface area contributed by atoms with Gasteiger partial charge in [-0.1, -0.05) is 17.7 Å². The van der Waals surface area contributed by atoms with Gasteiger partial charge < -0.3 is 24.1 Å². The monoisotopic (exact) mass is 527 g/mol. The third-order valence-corrected chi connectivity index (χ3v) is 5.83. The highest BCUT2D eigenvalue weighted by Gasteiger charge is 2.14. The lowest BCUT2D eigenvalue weighted by Gasteiger charge is -2.17. The summed E-state index contributed by atoms with van der Waals surface area (Å²) in [4.78, 5) is 22.6. The van der Waals surface area contributed by atoms with Crippen LogP contribution < -0.4 is 10.1 Å². The first-order chi connectivity index (χ1) is 16.4. The molecule has 0 spiro atoms. The molecule has 0 heterocycles. The van der Waals surface area contributed by atoms with E-state index in [2.05, 4.69) is 5.32 Å². The molecule has 0 bridgehead atoms. The molecule has 0 radical (unpaired) electrons. The summed E-state index contributed by atoms with van der Waals surface area (Å²) in [5, 5.41) is 2.84. The third-order valence-electron chi connectivity index (χ3n) is 4.14. The van der Waals surface area contributed by atoms with Gasteiger partial charge in [-0.3, -0.25) is 9.59 Å². The van der Waals surface area contributed by atoms with E-state index >= 15 is 0 Å². The molecule has 194 valence electrons. The van der Waals surface area contributed by atoms with Crippen LogP contribution in [0.3, 0.4) is 0 Å². The van der Waals surface area contributed by atoms with Gasteiger partial charge in [0, 0.05) is 19.2 Å². The number of amides is 1. The minimum atomic E-state index is -4.27. The Morgan fingerprint density at radius 3 is 2.11 bits per heavy atom. The SMILES string of the molecule is CCOCC(COc1ccc(NC(=O)C[S+](C)C)cc1)OC(C)=O.Cc1ccc(S(=O)(=O)[O-])cc1. The molecule has 0 aliphatic carbocycles. The highest BCUT2D eigenvalue weighted by atomic mass is 32.2. The predicted molar refractivity (Wildman–Crippen MR) is 136 cm³/mol. The lowest BCUT2D eigenvalue weighted by atomic mass is 10.2. The number of hydrogen-bond donors (Lipinski definition) is 1. The van der Waals surface area contributed by atoms with Crippen LogP contribution in [-0.4, -0.2) is 69.0 Å². The fourth-order valence-electron chi connectivity index (χ4n) is 2.59. The van der Waals surface area contributed by atoms with E-state index in [1.54, 1.807) is 36.4 Å². The Labute approximate surface area is 210 Å². The number of rotatable bonds is 11. The molecule has 1 unspecified atom stereocenters. The van der Waals surface area contributed by atoms with Crippen molar-refractivity contribution in [1.82, 2.24) is 0 Å². The molecular formula is C24H33NO8S2. The minimum absolute atomic E-state index is 0.00337. The van der Waals surface area contributed by atoms with E-state index in [1.165, 1.54) is 19.1 Å². The van der Waals surface area contributed by atoms with Crippen LogP contribution >= 0.6 is 0 Å². The van der Waals surface area contributed by atoms with Crippen LogP contribution in [0.25, 0.3) is 0 Å². The number of carbonyl (C=O) groups is 2. The maximum Gasteiger partial charge on any atom is 0.303 e. The lowest BCUT2D eigenvalue weighted by molar-refractivity contribution is -0.151. The minimum Gasteiger partial charge on any atom is -0.744 e. The molecule has 0 aromatic heterocycles. The number of anilines is 1. The summed E-state index contributed by atoms with van der Waals surface area (Å²) >= 11 is 0. The molecule has 0 aliphatic rings. The quantitative estimate of drug-likeness (QED) is 0.268. The first-order valence-corrected chi connectivity index (χ1v) is 14.4. The fraction of sp³-hybridized carbons (Fsp3) is 0.417. The Bertz CT molecular complexity index is 1020. The van der Waals surface area contributed by atoms with Gasteiger partial charge in [-0.05, 0) is 61.1 Å². The second kappa shape index (κ2) is 15.4. The molecule has 0 fully saturated rings. The summed E-state index contributed by atoms with van der Waals surface area (Å²) in [6.45, 7) is 6.09. The van der Waals surface area contributed by atoms with Gasteiger partial charge in [0.2, 0.25) is 0 Å². The van der Waals surface area contributed by atoms with Crippen molar-refractivity contribution in [2.75, 3.05) is 43.4 Å². The van der Waals surface area contributed by atoms with Crippen molar-refractivity contribution in [2.45, 2.75) is 31.8 Å². The van der Waals surface area contributed by atoms with Gasteiger partial charge >= 0.3 is 5.97 Å². The Morgan fingerprint density at radius 2 is 1.63 bits per heavy atom. The van der Waals surface area contributed by atoms with Crippen LogP contribution in [0, 0.1) is 6.92 Å². The number of aryl methyl sites for hydroxylation is 1. The van der Waals surface area contributed by atoms with Gasteiger partial charge in [-0.15, -0.1) is 0 Å². The highest BCUT2D eigenvalue weighted by Crippen LogP contribution is 2.16. The number of benzene rings is 2. The van der Waals surface area contributed by atoms with E-state index in [0.29, 0.717) is 24.7 Å². The second-order valence-electron chi connectivity index (χ2n) is 7.67. The van der Waals surface area contributed by atoms with E-state index in [-0.39, 0.29) is 34.3 Å². The van der Waals surface area contributed by atoms with Gasteiger partial charge in [0.15, 0.2) is 11.9 Å². The molecule has 1 amide bonds. The van der Waals surface area contributed by atoms with E-state index < -0.39 is 16.2 Å². The lowest BCUT2D eigenvalue weighted by Crippen LogP contribution is -2.29. The fourth-order valence-corrected chi connectivity index (χ4v) is 3.65. The topological polar surface area (TPSA) is 131 Å². The molecule has 0 saturated heterocycles. The van der Waals surface area contributed by atoms with Crippen molar-refractivity contribution in [2.24, 2.45) is 0 Å². The number of ether oxygens (including phenoxy) is 3. The molecular weight excluding hydrogens is 494 g/mol. The molecule has 35 heavy (non-hydrogen) atoms. The van der Waals surface area contributed by atoms with Crippen LogP contribution in [0.2, 0.25) is 0 Å². The van der Waals surface area contributed by atoms with Crippen LogP contribution in [0.15, 0.2) is 53.4 Å². The summed E-state index contributed by atoms with van der Waals surface area (Å²) in [7, 11) is -4.20. The van der Waals surface area contributed by atoms with E-state index in [4.69, 9.17) is 14.2 Å². The Kier molecular flexibility index (Phi) is 13.4. The van der Waals surface area contributed by atoms with Crippen LogP contribution in [0.5, 0.6) is 5.75 Å². The van der Waals surface area contributed by atoms with Crippen molar-refractivity contribution in [3.05, 3.63) is 54.1 Å². The second-order valence-corrected chi connectivity index (χ2v) is 11.3. The molecule has 0 aliphatic heterocycles. The Balaban J connectivity index is 0.000000462. The molecule has 1 N–H and O–H groups in total. The molecule has 11 heteroatoms. The number of nitrogens with one attached hydrogen (secondary N) is 1. The molecule has 2 rings (SSSR count). The van der Waals surface area contributed by atoms with Gasteiger partial charge in [0.05, 0.1) is 24.0 Å². The van der Waals surface area contributed by atoms with Crippen molar-refractivity contribution >= 4 is 38.6 Å². The predicted octanol–water partition coefficient (Wildman–Crippen LogP) is 2.75. The average Bonchev–Trinajstić information content (AvgIpc) is 2.76. The zero-order chi connectivity index (χ0) is 26.4. The van der Waals surface area contributed by atoms with Crippen molar-refractivity contribution in [3.63, 3.8) is 0 Å².